The van der Waals surface area contributed by atoms with Crippen LogP contribution in [0.25, 0.3) is 0 Å². The van der Waals surface area contributed by atoms with Crippen molar-refractivity contribution in [3.8, 4) is 0 Å². The predicted octanol–water partition coefficient (Wildman–Crippen LogP) is 8.76. The highest BCUT2D eigenvalue weighted by atomic mass is 19.1. The largest absolute Gasteiger partial charge is 0.449 e. The molecule has 0 bridgehead atoms. The summed E-state index contributed by atoms with van der Waals surface area (Å²) in [5, 5.41) is 13.0. The Bertz CT molecular complexity index is 882. The third kappa shape index (κ3) is 11.6. The zero-order valence-electron chi connectivity index (χ0n) is 25.1. The molecule has 1 aromatic carbocycles. The molecule has 212 valence electrons. The second-order valence-electron chi connectivity index (χ2n) is 9.13. The maximum atomic E-state index is 14.8. The van der Waals surface area contributed by atoms with Crippen LogP contribution in [-0.2, 0) is 17.6 Å². The number of carbonyl (C=O) groups is 1. The third-order valence-electron chi connectivity index (χ3n) is 6.39. The number of aryl methyl sites for hydroxylation is 1. The first-order valence-electron chi connectivity index (χ1n) is 14.3. The van der Waals surface area contributed by atoms with Crippen molar-refractivity contribution in [3.63, 3.8) is 0 Å². The maximum Gasteiger partial charge on any atom is 0.406 e. The summed E-state index contributed by atoms with van der Waals surface area (Å²) in [5.74, 6) is 2.01. The molecule has 3 N–H and O–H groups in total. The Morgan fingerprint density at radius 2 is 1.78 bits per heavy atom. The number of amides is 1. The normalized spacial score (nSPS) is 15.9. The summed E-state index contributed by atoms with van der Waals surface area (Å²) in [7, 11) is 1.56. The van der Waals surface area contributed by atoms with E-state index in [-0.39, 0.29) is 11.9 Å². The van der Waals surface area contributed by atoms with Crippen molar-refractivity contribution < 1.29 is 13.9 Å². The van der Waals surface area contributed by atoms with Gasteiger partial charge in [-0.2, -0.15) is 5.10 Å². The van der Waals surface area contributed by atoms with E-state index in [1.54, 1.807) is 13.1 Å². The number of aromatic nitrogens is 2. The number of carbonyl (C=O) groups excluding carboxylic acids is 1. The molecule has 1 aliphatic carbocycles. The summed E-state index contributed by atoms with van der Waals surface area (Å²) in [6.07, 6.45) is 5.37. The molecule has 1 fully saturated rings. The molecule has 1 aromatic heterocycles. The number of hydrogen-bond donors (Lipinski definition) is 3. The van der Waals surface area contributed by atoms with Gasteiger partial charge in [-0.05, 0) is 61.1 Å². The van der Waals surface area contributed by atoms with E-state index in [2.05, 4.69) is 41.6 Å². The predicted molar refractivity (Wildman–Crippen MR) is 155 cm³/mol. The summed E-state index contributed by atoms with van der Waals surface area (Å²) in [6, 6.07) is 5.71. The monoisotopic (exact) mass is 520 g/mol. The molecular weight excluding hydrogens is 467 g/mol. The smallest absolute Gasteiger partial charge is 0.406 e. The maximum absolute atomic E-state index is 14.8. The first-order chi connectivity index (χ1) is 17.8. The lowest BCUT2D eigenvalue weighted by atomic mass is 10.0. The van der Waals surface area contributed by atoms with Gasteiger partial charge in [0, 0.05) is 24.7 Å². The second-order valence-corrected chi connectivity index (χ2v) is 9.13. The molecule has 0 saturated heterocycles. The highest BCUT2D eigenvalue weighted by Crippen LogP contribution is 2.38. The number of halogens is 1. The van der Waals surface area contributed by atoms with Crippen LogP contribution < -0.4 is 10.6 Å². The number of H-pyrrole nitrogens is 1. The van der Waals surface area contributed by atoms with E-state index in [0.717, 1.165) is 48.4 Å². The number of hydrogen-bond acceptors (Lipinski definition) is 4. The van der Waals surface area contributed by atoms with Crippen molar-refractivity contribution in [1.29, 1.82) is 0 Å². The summed E-state index contributed by atoms with van der Waals surface area (Å²) in [5.41, 5.74) is 3.30. The summed E-state index contributed by atoms with van der Waals surface area (Å²) in [6.45, 7) is 19.1. The van der Waals surface area contributed by atoms with E-state index >= 15 is 0 Å². The lowest BCUT2D eigenvalue weighted by Gasteiger charge is -2.12. The van der Waals surface area contributed by atoms with Gasteiger partial charge in [0.05, 0.1) is 12.3 Å². The van der Waals surface area contributed by atoms with Crippen molar-refractivity contribution in [2.45, 2.75) is 107 Å². The minimum Gasteiger partial charge on any atom is -0.449 e. The number of nitrogens with one attached hydrogen (secondary N) is 3. The molecule has 7 heteroatoms. The topological polar surface area (TPSA) is 79.0 Å². The molecule has 0 radical (unpaired) electrons. The van der Waals surface area contributed by atoms with Crippen LogP contribution in [0.5, 0.6) is 0 Å². The third-order valence-corrected chi connectivity index (χ3v) is 6.39. The van der Waals surface area contributed by atoms with E-state index in [4.69, 9.17) is 4.74 Å². The van der Waals surface area contributed by atoms with Crippen molar-refractivity contribution in [2.24, 2.45) is 11.8 Å². The molecule has 0 spiro atoms. The molecule has 1 heterocycles. The Morgan fingerprint density at radius 3 is 2.32 bits per heavy atom. The number of aromatic amines is 1. The van der Waals surface area contributed by atoms with Gasteiger partial charge in [0.15, 0.2) is 5.82 Å². The van der Waals surface area contributed by atoms with Crippen LogP contribution in [0.4, 0.5) is 20.7 Å². The van der Waals surface area contributed by atoms with Gasteiger partial charge in [0.25, 0.3) is 0 Å². The standard InChI is InChI=1S/C21H29FN4O2.C5H12.2C2H6/c1-4-14-8-9-17(20(22)16(14)5-2)24-19-11-18(25-26-19)15-7-6-13(10-15)12-28-21(27)23-3;1-4-5(2)3;2*1-2/h8-9,11,13,15H,4-7,10,12H2,1-3H3,(H,23,27)(H2,24,25,26);5H,4H2,1-3H3;2*1-2H3. The molecule has 3 rings (SSSR count). The Kier molecular flexibility index (Phi) is 18.2. The van der Waals surface area contributed by atoms with Crippen LogP contribution in [0.3, 0.4) is 0 Å². The lowest BCUT2D eigenvalue weighted by molar-refractivity contribution is 0.129. The number of rotatable bonds is 8. The van der Waals surface area contributed by atoms with Gasteiger partial charge in [-0.1, -0.05) is 74.8 Å². The molecule has 1 amide bonds. The minimum atomic E-state index is -0.390. The van der Waals surface area contributed by atoms with E-state index in [1.165, 1.54) is 6.42 Å². The van der Waals surface area contributed by atoms with Crippen molar-refractivity contribution in [1.82, 2.24) is 15.5 Å². The fraction of sp³-hybridized carbons (Fsp3) is 0.667. The summed E-state index contributed by atoms with van der Waals surface area (Å²) >= 11 is 0. The van der Waals surface area contributed by atoms with Crippen molar-refractivity contribution >= 4 is 17.6 Å². The highest BCUT2D eigenvalue weighted by molar-refractivity contribution is 5.66. The molecule has 2 unspecified atom stereocenters. The molecule has 2 atom stereocenters. The number of benzene rings is 1. The van der Waals surface area contributed by atoms with Gasteiger partial charge >= 0.3 is 6.09 Å². The van der Waals surface area contributed by atoms with Gasteiger partial charge in [0.2, 0.25) is 0 Å². The summed E-state index contributed by atoms with van der Waals surface area (Å²) < 4.78 is 20.0. The summed E-state index contributed by atoms with van der Waals surface area (Å²) in [4.78, 5) is 11.2. The van der Waals surface area contributed by atoms with Gasteiger partial charge in [-0.3, -0.25) is 5.10 Å². The first kappa shape index (κ1) is 34.4. The molecule has 6 nitrogen and oxygen atoms in total. The van der Waals surface area contributed by atoms with Gasteiger partial charge in [-0.15, -0.1) is 0 Å². The second kappa shape index (κ2) is 19.5. The molecular formula is C30H53FN4O2. The SMILES string of the molecule is CC.CC.CCC(C)C.CCc1ccc(Nc2cc(C3CCC(COC(=O)NC)C3)[nH]n2)c(F)c1CC. The highest BCUT2D eigenvalue weighted by Gasteiger charge is 2.28. The molecule has 37 heavy (non-hydrogen) atoms. The molecule has 1 saturated carbocycles. The average Bonchev–Trinajstić information content (AvgIpc) is 3.60. The van der Waals surface area contributed by atoms with Crippen LogP contribution in [0, 0.1) is 17.7 Å². The zero-order valence-corrected chi connectivity index (χ0v) is 25.1. The molecule has 1 aliphatic rings. The van der Waals surface area contributed by atoms with Crippen LogP contribution in [0.2, 0.25) is 0 Å². The number of nitrogens with zero attached hydrogens (tertiary/aromatic N) is 1. The Morgan fingerprint density at radius 1 is 1.14 bits per heavy atom. The number of alkyl carbamates (subject to hydrolysis) is 1. The van der Waals surface area contributed by atoms with E-state index in [0.29, 0.717) is 36.4 Å². The quantitative estimate of drug-likeness (QED) is 0.325. The van der Waals surface area contributed by atoms with E-state index < -0.39 is 0 Å². The van der Waals surface area contributed by atoms with Gasteiger partial charge < -0.3 is 15.4 Å². The minimum absolute atomic E-state index is 0.196. The van der Waals surface area contributed by atoms with Crippen LogP contribution in [0.15, 0.2) is 18.2 Å². The Balaban J connectivity index is 0.00000127. The van der Waals surface area contributed by atoms with E-state index in [1.807, 2.05) is 53.7 Å². The molecule has 0 aliphatic heterocycles. The number of anilines is 2. The van der Waals surface area contributed by atoms with Crippen LogP contribution in [0.1, 0.15) is 111 Å². The van der Waals surface area contributed by atoms with Crippen LogP contribution in [-0.4, -0.2) is 29.9 Å². The van der Waals surface area contributed by atoms with Gasteiger partial charge in [0.1, 0.15) is 5.82 Å². The van der Waals surface area contributed by atoms with Crippen molar-refractivity contribution in [3.05, 3.63) is 40.8 Å². The Labute approximate surface area is 225 Å². The van der Waals surface area contributed by atoms with Crippen LogP contribution >= 0.6 is 0 Å². The first-order valence-corrected chi connectivity index (χ1v) is 14.3. The van der Waals surface area contributed by atoms with Gasteiger partial charge in [-0.25, -0.2) is 9.18 Å². The number of ether oxygens (including phenoxy) is 1. The fourth-order valence-corrected chi connectivity index (χ4v) is 3.99. The average molecular weight is 521 g/mol. The Hall–Kier alpha value is -2.57. The van der Waals surface area contributed by atoms with E-state index in [9.17, 15) is 9.18 Å². The van der Waals surface area contributed by atoms with Crippen molar-refractivity contribution in [2.75, 3.05) is 19.0 Å². The zero-order chi connectivity index (χ0) is 28.4. The fourth-order valence-electron chi connectivity index (χ4n) is 3.99. The lowest BCUT2D eigenvalue weighted by Crippen LogP contribution is -2.22. The molecule has 2 aromatic rings.